The fourth-order valence-electron chi connectivity index (χ4n) is 3.17. The van der Waals surface area contributed by atoms with Crippen LogP contribution in [0.5, 0.6) is 0 Å². The predicted molar refractivity (Wildman–Crippen MR) is 98.5 cm³/mol. The predicted octanol–water partition coefficient (Wildman–Crippen LogP) is 3.03. The fraction of sp³-hybridized carbons (Fsp3) is 0.474. The number of carbonyl (C=O) groups excluding carboxylic acids is 1. The van der Waals surface area contributed by atoms with E-state index in [4.69, 9.17) is 4.42 Å². The second kappa shape index (κ2) is 7.61. The number of aryl methyl sites for hydroxylation is 2. The smallest absolute Gasteiger partial charge is 0.253 e. The van der Waals surface area contributed by atoms with Gasteiger partial charge in [0.2, 0.25) is 5.89 Å². The monoisotopic (exact) mass is 376 g/mol. The molecule has 6 nitrogen and oxygen atoms in total. The molecule has 140 valence electrons. The molecular weight excluding hydrogens is 352 g/mol. The van der Waals surface area contributed by atoms with E-state index in [1.54, 1.807) is 38.1 Å². The van der Waals surface area contributed by atoms with E-state index in [1.165, 1.54) is 0 Å². The lowest BCUT2D eigenvalue weighted by Crippen LogP contribution is -2.35. The molecule has 0 spiro atoms. The van der Waals surface area contributed by atoms with E-state index in [0.717, 1.165) is 32.4 Å². The number of benzene rings is 1. The molecule has 0 aliphatic carbocycles. The van der Waals surface area contributed by atoms with Crippen LogP contribution in [0.4, 0.5) is 0 Å². The second-order valence-electron chi connectivity index (χ2n) is 6.83. The fourth-order valence-corrected chi connectivity index (χ4v) is 4.46. The van der Waals surface area contributed by atoms with Gasteiger partial charge in [0.15, 0.2) is 9.84 Å². The van der Waals surface area contributed by atoms with Gasteiger partial charge >= 0.3 is 0 Å². The number of carbonyl (C=O) groups is 1. The SMILES string of the molecule is Cc1nc(CS(=O)(=O)Cc2cccc(C(=O)N3CCCCC3)c2)oc1C. The van der Waals surface area contributed by atoms with E-state index in [9.17, 15) is 13.2 Å². The Kier molecular flexibility index (Phi) is 5.46. The molecule has 26 heavy (non-hydrogen) atoms. The third-order valence-corrected chi connectivity index (χ3v) is 6.08. The summed E-state index contributed by atoms with van der Waals surface area (Å²) in [4.78, 5) is 18.6. The van der Waals surface area contributed by atoms with Crippen LogP contribution in [0.1, 0.15) is 52.5 Å². The number of oxazole rings is 1. The summed E-state index contributed by atoms with van der Waals surface area (Å²) in [6.07, 6.45) is 3.20. The average molecular weight is 376 g/mol. The maximum atomic E-state index is 12.6. The van der Waals surface area contributed by atoms with Crippen molar-refractivity contribution in [2.24, 2.45) is 0 Å². The molecular formula is C19H24N2O4S. The molecule has 1 aromatic carbocycles. The molecule has 0 bridgehead atoms. The van der Waals surface area contributed by atoms with Crippen LogP contribution in [0.25, 0.3) is 0 Å². The van der Waals surface area contributed by atoms with Crippen molar-refractivity contribution >= 4 is 15.7 Å². The first-order valence-electron chi connectivity index (χ1n) is 8.85. The number of amides is 1. The zero-order valence-electron chi connectivity index (χ0n) is 15.2. The molecule has 0 N–H and O–H groups in total. The van der Waals surface area contributed by atoms with Crippen molar-refractivity contribution in [3.05, 3.63) is 52.7 Å². The summed E-state index contributed by atoms with van der Waals surface area (Å²) in [7, 11) is -3.44. The number of piperidine rings is 1. The Morgan fingerprint density at radius 3 is 2.54 bits per heavy atom. The van der Waals surface area contributed by atoms with Gasteiger partial charge in [-0.1, -0.05) is 12.1 Å². The number of hydrogen-bond donors (Lipinski definition) is 0. The largest absolute Gasteiger partial charge is 0.445 e. The van der Waals surface area contributed by atoms with Gasteiger partial charge in [0.05, 0.1) is 11.4 Å². The Morgan fingerprint density at radius 1 is 1.15 bits per heavy atom. The highest BCUT2D eigenvalue weighted by molar-refractivity contribution is 7.89. The van der Waals surface area contributed by atoms with Gasteiger partial charge in [-0.05, 0) is 50.8 Å². The maximum absolute atomic E-state index is 12.6. The van der Waals surface area contributed by atoms with Crippen LogP contribution in [-0.4, -0.2) is 37.3 Å². The van der Waals surface area contributed by atoms with Crippen LogP contribution in [0.3, 0.4) is 0 Å². The summed E-state index contributed by atoms with van der Waals surface area (Å²) in [5, 5.41) is 0. The highest BCUT2D eigenvalue weighted by atomic mass is 32.2. The molecule has 7 heteroatoms. The number of nitrogens with zero attached hydrogens (tertiary/aromatic N) is 2. The Balaban J connectivity index is 1.72. The van der Waals surface area contributed by atoms with Crippen molar-refractivity contribution in [1.29, 1.82) is 0 Å². The van der Waals surface area contributed by atoms with Gasteiger partial charge in [-0.25, -0.2) is 13.4 Å². The zero-order valence-corrected chi connectivity index (χ0v) is 16.0. The van der Waals surface area contributed by atoms with Crippen molar-refractivity contribution in [2.45, 2.75) is 44.6 Å². The lowest BCUT2D eigenvalue weighted by Gasteiger charge is -2.26. The number of sulfone groups is 1. The minimum atomic E-state index is -3.44. The highest BCUT2D eigenvalue weighted by Crippen LogP contribution is 2.18. The summed E-state index contributed by atoms with van der Waals surface area (Å²) >= 11 is 0. The van der Waals surface area contributed by atoms with Crippen molar-refractivity contribution in [2.75, 3.05) is 13.1 Å². The quantitative estimate of drug-likeness (QED) is 0.801. The number of rotatable bonds is 5. The molecule has 3 rings (SSSR count). The molecule has 1 aliphatic heterocycles. The van der Waals surface area contributed by atoms with Crippen LogP contribution in [-0.2, 0) is 21.3 Å². The van der Waals surface area contributed by atoms with Crippen LogP contribution >= 0.6 is 0 Å². The van der Waals surface area contributed by atoms with Crippen LogP contribution < -0.4 is 0 Å². The molecule has 1 amide bonds. The number of likely N-dealkylation sites (tertiary alicyclic amines) is 1. The number of aromatic nitrogens is 1. The Labute approximate surface area is 154 Å². The Bertz CT molecular complexity index is 877. The van der Waals surface area contributed by atoms with Gasteiger partial charge < -0.3 is 9.32 Å². The van der Waals surface area contributed by atoms with E-state index in [0.29, 0.717) is 22.6 Å². The minimum Gasteiger partial charge on any atom is -0.445 e. The van der Waals surface area contributed by atoms with E-state index >= 15 is 0 Å². The number of hydrogen-bond acceptors (Lipinski definition) is 5. The second-order valence-corrected chi connectivity index (χ2v) is 8.90. The normalized spacial score (nSPS) is 15.2. The lowest BCUT2D eigenvalue weighted by atomic mass is 10.1. The molecule has 2 aromatic rings. The van der Waals surface area contributed by atoms with Gasteiger partial charge in [-0.2, -0.15) is 0 Å². The first-order chi connectivity index (χ1) is 12.3. The topological polar surface area (TPSA) is 80.5 Å². The molecule has 0 atom stereocenters. The third kappa shape index (κ3) is 4.52. The van der Waals surface area contributed by atoms with E-state index in [-0.39, 0.29) is 23.3 Å². The molecule has 1 aromatic heterocycles. The Hall–Kier alpha value is -2.15. The van der Waals surface area contributed by atoms with Crippen molar-refractivity contribution < 1.29 is 17.6 Å². The van der Waals surface area contributed by atoms with Gasteiger partial charge in [0.25, 0.3) is 5.91 Å². The molecule has 2 heterocycles. The third-order valence-electron chi connectivity index (χ3n) is 4.62. The Morgan fingerprint density at radius 2 is 1.88 bits per heavy atom. The summed E-state index contributed by atoms with van der Waals surface area (Å²) in [6, 6.07) is 6.90. The van der Waals surface area contributed by atoms with Crippen molar-refractivity contribution in [1.82, 2.24) is 9.88 Å². The van der Waals surface area contributed by atoms with Gasteiger partial charge in [-0.3, -0.25) is 4.79 Å². The molecule has 1 fully saturated rings. The minimum absolute atomic E-state index is 0.0251. The highest BCUT2D eigenvalue weighted by Gasteiger charge is 2.21. The summed E-state index contributed by atoms with van der Waals surface area (Å²) in [5.41, 5.74) is 1.85. The molecule has 1 aliphatic rings. The first-order valence-corrected chi connectivity index (χ1v) is 10.7. The van der Waals surface area contributed by atoms with E-state index < -0.39 is 9.84 Å². The van der Waals surface area contributed by atoms with E-state index in [2.05, 4.69) is 4.98 Å². The van der Waals surface area contributed by atoms with Crippen LogP contribution in [0.15, 0.2) is 28.7 Å². The molecule has 1 saturated heterocycles. The first kappa shape index (κ1) is 18.6. The summed E-state index contributed by atoms with van der Waals surface area (Å²) < 4.78 is 30.3. The maximum Gasteiger partial charge on any atom is 0.253 e. The van der Waals surface area contributed by atoms with Gasteiger partial charge in [0.1, 0.15) is 11.5 Å². The summed E-state index contributed by atoms with van der Waals surface area (Å²) in [5.74, 6) is 0.424. The van der Waals surface area contributed by atoms with Crippen LogP contribution in [0, 0.1) is 13.8 Å². The lowest BCUT2D eigenvalue weighted by molar-refractivity contribution is 0.0724. The molecule has 0 radical (unpaired) electrons. The van der Waals surface area contributed by atoms with Crippen molar-refractivity contribution in [3.63, 3.8) is 0 Å². The zero-order chi connectivity index (χ0) is 18.7. The standard InChI is InChI=1S/C19H24N2O4S/c1-14-15(2)25-18(20-14)13-26(23,24)12-16-7-6-8-17(11-16)19(22)21-9-4-3-5-10-21/h6-8,11H,3-5,9-10,12-13H2,1-2H3. The van der Waals surface area contributed by atoms with Gasteiger partial charge in [-0.15, -0.1) is 0 Å². The molecule has 0 saturated carbocycles. The van der Waals surface area contributed by atoms with Crippen LogP contribution in [0.2, 0.25) is 0 Å². The average Bonchev–Trinajstić information content (AvgIpc) is 2.91. The summed E-state index contributed by atoms with van der Waals surface area (Å²) in [6.45, 7) is 5.08. The van der Waals surface area contributed by atoms with Crippen molar-refractivity contribution in [3.8, 4) is 0 Å². The molecule has 0 unspecified atom stereocenters. The van der Waals surface area contributed by atoms with E-state index in [1.807, 2.05) is 4.90 Å². The van der Waals surface area contributed by atoms with Gasteiger partial charge in [0, 0.05) is 18.7 Å².